The second-order valence-corrected chi connectivity index (χ2v) is 0.289. The van der Waals surface area contributed by atoms with Crippen LogP contribution < -0.4 is 10.8 Å². The standard InChI is InChI=1S/B2H8N2/c1-4-2-3/h4H,2-3H2,1H3/q-2. The van der Waals surface area contributed by atoms with Crippen molar-refractivity contribution >= 4 is 15.5 Å². The molecule has 0 saturated carbocycles. The van der Waals surface area contributed by atoms with Crippen LogP contribution in [0.3, 0.4) is 0 Å². The van der Waals surface area contributed by atoms with E-state index < -0.39 is 0 Å². The van der Waals surface area contributed by atoms with E-state index in [1.165, 1.54) is 0 Å². The smallest absolute Gasteiger partial charge is 0.0533 e. The summed E-state index contributed by atoms with van der Waals surface area (Å²) in [5.74, 6) is 0. The van der Waals surface area contributed by atoms with Gasteiger partial charge >= 0.3 is 0 Å². The fourth-order valence-electron chi connectivity index (χ4n) is 0. The Hall–Kier alpha value is 0.0499. The van der Waals surface area contributed by atoms with Crippen molar-refractivity contribution in [2.75, 3.05) is 0 Å². The van der Waals surface area contributed by atoms with Crippen LogP contribution in [-0.4, -0.2) is 15.5 Å². The summed E-state index contributed by atoms with van der Waals surface area (Å²) in [6.45, 7) is 0. The lowest BCUT2D eigenvalue weighted by Gasteiger charge is -1.95. The fraction of sp³-hybridized carbons (Fsp3) is 0. The summed E-state index contributed by atoms with van der Waals surface area (Å²) in [6.07, 6.45) is 0. The van der Waals surface area contributed by atoms with E-state index in [0.29, 0.717) is 7.98 Å². The zero-order valence-corrected chi connectivity index (χ0v) is 2.08. The van der Waals surface area contributed by atoms with Gasteiger partial charge in [-0.05, 0) is 7.98 Å². The lowest BCUT2D eigenvalue weighted by Crippen LogP contribution is -2.23. The topological polar surface area (TPSA) is 38.0 Å². The van der Waals surface area contributed by atoms with Crippen LogP contribution in [0, 0.1) is 0 Å². The molecule has 0 spiro atoms. The van der Waals surface area contributed by atoms with Crippen LogP contribution >= 0.6 is 0 Å². The van der Waals surface area contributed by atoms with Crippen LogP contribution in [0.25, 0.3) is 0 Å². The number of hydrogen-bond donors (Lipinski definition) is 2. The third kappa shape index (κ3) is 2.05. The highest BCUT2D eigenvalue weighted by atomic mass is 14.7. The van der Waals surface area contributed by atoms with Crippen LogP contribution in [-0.2, 0) is 0 Å². The third-order valence-corrected chi connectivity index (χ3v) is 0. The Morgan fingerprint density at radius 2 is 2.25 bits per heavy atom. The van der Waals surface area contributed by atoms with Crippen molar-refractivity contribution < 1.29 is 0 Å². The first-order chi connectivity index (χ1) is 1.91. The van der Waals surface area contributed by atoms with Gasteiger partial charge in [0.2, 0.25) is 0 Å². The van der Waals surface area contributed by atoms with E-state index in [2.05, 4.69) is 5.14 Å². The molecule has 4 heteroatoms. The second-order valence-electron chi connectivity index (χ2n) is 0.289. The van der Waals surface area contributed by atoms with Gasteiger partial charge in [-0.15, -0.1) is 0 Å². The highest BCUT2D eigenvalue weighted by Gasteiger charge is 1.36. The lowest BCUT2D eigenvalue weighted by atomic mass is 10.1. The molecule has 0 amide bonds. The second kappa shape index (κ2) is 3.05. The number of rotatable bonds is 1. The first kappa shape index (κ1) is 4.05. The minimum absolute atomic E-state index is 0.125. The summed E-state index contributed by atoms with van der Waals surface area (Å²) >= 11 is 0. The molecule has 0 atom stereocenters. The zero-order valence-electron chi connectivity index (χ0n) is 2.08. The monoisotopic (exact) mass is 58.1 g/mol. The van der Waals surface area contributed by atoms with Crippen molar-refractivity contribution in [3.8, 4) is 0 Å². The molecule has 0 aromatic rings. The van der Waals surface area contributed by atoms with Crippen molar-refractivity contribution in [1.29, 1.82) is 0 Å². The van der Waals surface area contributed by atoms with Gasteiger partial charge in [0.25, 0.3) is 0 Å². The minimum Gasteiger partial charge on any atom is -0.668 e. The van der Waals surface area contributed by atoms with Gasteiger partial charge in [-0.1, -0.05) is 0 Å². The molecular weight excluding hydrogens is 49.6 g/mol. The van der Waals surface area contributed by atoms with E-state index in [9.17, 15) is 0 Å². The Kier molecular flexibility index (Phi) is 3.09. The van der Waals surface area contributed by atoms with E-state index in [0.717, 1.165) is 0 Å². The molecule has 0 aliphatic carbocycles. The molecule has 0 unspecified atom stereocenters. The molecule has 0 rings (SSSR count). The maximum Gasteiger partial charge on any atom is 0.0533 e. The van der Waals surface area contributed by atoms with Gasteiger partial charge in [0.1, 0.15) is 0 Å². The molecule has 0 saturated heterocycles. The summed E-state index contributed by atoms with van der Waals surface area (Å²) in [5.41, 5.74) is 5.10. The molecule has 0 radical (unpaired) electrons. The molecule has 26 valence electrons. The van der Waals surface area contributed by atoms with Crippen LogP contribution in [0.15, 0.2) is 0 Å². The van der Waals surface area contributed by atoms with E-state index in [1.54, 1.807) is 0 Å². The Morgan fingerprint density at radius 3 is 2.25 bits per heavy atom. The minimum atomic E-state index is -0.125. The van der Waals surface area contributed by atoms with Crippen molar-refractivity contribution in [3.63, 3.8) is 0 Å². The van der Waals surface area contributed by atoms with Crippen molar-refractivity contribution in [1.82, 2.24) is 5.14 Å². The first-order valence-corrected chi connectivity index (χ1v) is 1.08. The fourth-order valence-corrected chi connectivity index (χ4v) is 0. The maximum atomic E-state index is 5.10. The first-order valence-electron chi connectivity index (χ1n) is 1.08. The quantitative estimate of drug-likeness (QED) is 0.312. The Morgan fingerprint density at radius 1 is 2.00 bits per heavy atom. The van der Waals surface area contributed by atoms with Gasteiger partial charge in [0.15, 0.2) is 0 Å². The van der Waals surface area contributed by atoms with Gasteiger partial charge < -0.3 is 10.8 Å². The van der Waals surface area contributed by atoms with Crippen molar-refractivity contribution in [2.24, 2.45) is 5.64 Å². The van der Waals surface area contributed by atoms with Gasteiger partial charge in [-0.25, -0.2) is 0 Å². The zero-order chi connectivity index (χ0) is 3.41. The van der Waals surface area contributed by atoms with Crippen LogP contribution in [0.2, 0.25) is 0 Å². The van der Waals surface area contributed by atoms with Crippen LogP contribution in [0.5, 0.6) is 0 Å². The van der Waals surface area contributed by atoms with Crippen LogP contribution in [0.1, 0.15) is 0 Å². The third-order valence-electron chi connectivity index (χ3n) is 0. The SMILES string of the molecule is [BH3-]N[BH2-]N. The molecule has 0 aromatic carbocycles. The molecular formula is H8B2N2-2. The summed E-state index contributed by atoms with van der Waals surface area (Å²) in [6, 6.07) is 0. The molecule has 2 nitrogen and oxygen atoms in total. The Labute approximate surface area is 27.5 Å². The summed E-state index contributed by atoms with van der Waals surface area (Å²) in [4.78, 5) is 0. The van der Waals surface area contributed by atoms with Gasteiger partial charge in [0, 0.05) is 0 Å². The van der Waals surface area contributed by atoms with E-state index in [4.69, 9.17) is 5.64 Å². The number of nitrogens with two attached hydrogens (primary N) is 1. The molecule has 3 N–H and O–H groups in total. The predicted molar refractivity (Wildman–Crippen MR) is 25.8 cm³/mol. The predicted octanol–water partition coefficient (Wildman–Crippen LogP) is -3.19. The summed E-state index contributed by atoms with van der Waals surface area (Å²) in [5, 5.41) is 3.08. The maximum absolute atomic E-state index is 5.10. The molecule has 0 aliphatic rings. The summed E-state index contributed by atoms with van der Waals surface area (Å²) in [7, 11) is 0.312. The molecule has 0 fully saturated rings. The highest BCUT2D eigenvalue weighted by molar-refractivity contribution is 6.38. The molecule has 4 heavy (non-hydrogen) atoms. The summed E-state index contributed by atoms with van der Waals surface area (Å²) < 4.78 is 0. The van der Waals surface area contributed by atoms with Crippen LogP contribution in [0.4, 0.5) is 0 Å². The number of hydrogen-bond acceptors (Lipinski definition) is 2. The van der Waals surface area contributed by atoms with Crippen molar-refractivity contribution in [2.45, 2.75) is 0 Å². The Balaban J connectivity index is 1.97. The van der Waals surface area contributed by atoms with Crippen molar-refractivity contribution in [3.05, 3.63) is 0 Å². The van der Waals surface area contributed by atoms with E-state index >= 15 is 0 Å². The Bertz CT molecular complexity index is 6.00. The number of nitrogens with one attached hydrogen (secondary N) is 1. The van der Waals surface area contributed by atoms with Gasteiger partial charge in [0.05, 0.1) is 7.55 Å². The highest BCUT2D eigenvalue weighted by Crippen LogP contribution is 1.05. The average Bonchev–Trinajstić information content (AvgIpc) is 1.37. The molecule has 0 aliphatic heterocycles. The van der Waals surface area contributed by atoms with E-state index in [1.807, 2.05) is 0 Å². The molecule has 0 aromatic heterocycles. The lowest BCUT2D eigenvalue weighted by molar-refractivity contribution is 1.57. The van der Waals surface area contributed by atoms with E-state index in [-0.39, 0.29) is 7.55 Å². The largest absolute Gasteiger partial charge is 0.668 e. The molecule has 0 bridgehead atoms. The molecule has 0 heterocycles. The van der Waals surface area contributed by atoms with Gasteiger partial charge in [-0.3, -0.25) is 0 Å². The normalized spacial score (nSPS) is 7.50. The van der Waals surface area contributed by atoms with Gasteiger partial charge in [-0.2, -0.15) is 0 Å². The average molecular weight is 57.7 g/mol.